The predicted molar refractivity (Wildman–Crippen MR) is 79.5 cm³/mol. The Bertz CT molecular complexity index is 611. The average Bonchev–Trinajstić information content (AvgIpc) is 2.49. The molecule has 21 heavy (non-hydrogen) atoms. The Morgan fingerprint density at radius 2 is 2.05 bits per heavy atom. The highest BCUT2D eigenvalue weighted by molar-refractivity contribution is 6.07. The number of ether oxygens (including phenoxy) is 2. The molecule has 0 aliphatic heterocycles. The van der Waals surface area contributed by atoms with Gasteiger partial charge in [-0.2, -0.15) is 0 Å². The van der Waals surface area contributed by atoms with Crippen LogP contribution >= 0.6 is 0 Å². The van der Waals surface area contributed by atoms with E-state index in [-0.39, 0.29) is 12.2 Å². The first-order chi connectivity index (χ1) is 10.2. The lowest BCUT2D eigenvalue weighted by atomic mass is 9.90. The van der Waals surface area contributed by atoms with E-state index in [0.29, 0.717) is 12.4 Å². The topological polar surface area (TPSA) is 52.6 Å². The first kappa shape index (κ1) is 15.0. The van der Waals surface area contributed by atoms with Crippen molar-refractivity contribution in [3.05, 3.63) is 53.3 Å². The van der Waals surface area contributed by atoms with Crippen LogP contribution in [0.3, 0.4) is 0 Å². The molecule has 4 nitrogen and oxygen atoms in total. The molecular formula is C17H18O4. The molecule has 0 spiro atoms. The van der Waals surface area contributed by atoms with Crippen LogP contribution in [0.4, 0.5) is 0 Å². The molecule has 1 aromatic rings. The Balaban J connectivity index is 2.34. The normalized spacial score (nSPS) is 15.1. The number of carbonyl (C=O) groups excluding carboxylic acids is 2. The van der Waals surface area contributed by atoms with Crippen molar-refractivity contribution < 1.29 is 19.1 Å². The summed E-state index contributed by atoms with van der Waals surface area (Å²) in [4.78, 5) is 23.2. The number of allylic oxidation sites excluding steroid dienone is 3. The zero-order valence-corrected chi connectivity index (χ0v) is 12.2. The van der Waals surface area contributed by atoms with E-state index in [4.69, 9.17) is 4.74 Å². The van der Waals surface area contributed by atoms with Crippen molar-refractivity contribution in [1.82, 2.24) is 0 Å². The molecule has 0 bridgehead atoms. The maximum absolute atomic E-state index is 12.0. The number of hydrogen-bond donors (Lipinski definition) is 0. The lowest BCUT2D eigenvalue weighted by molar-refractivity contribution is -0.142. The first-order valence-electron chi connectivity index (χ1n) is 6.88. The number of esters is 1. The molecule has 0 saturated heterocycles. The van der Waals surface area contributed by atoms with Crippen LogP contribution in [0.2, 0.25) is 0 Å². The molecule has 4 heteroatoms. The minimum Gasteiger partial charge on any atom is -0.494 e. The summed E-state index contributed by atoms with van der Waals surface area (Å²) < 4.78 is 10.1. The van der Waals surface area contributed by atoms with Gasteiger partial charge < -0.3 is 9.47 Å². The lowest BCUT2D eigenvalue weighted by Gasteiger charge is -2.20. The summed E-state index contributed by atoms with van der Waals surface area (Å²) in [6.07, 6.45) is 3.94. The molecule has 110 valence electrons. The average molecular weight is 286 g/mol. The van der Waals surface area contributed by atoms with Gasteiger partial charge in [-0.05, 0) is 36.6 Å². The zero-order valence-electron chi connectivity index (χ0n) is 12.2. The van der Waals surface area contributed by atoms with Crippen LogP contribution in [0, 0.1) is 0 Å². The van der Waals surface area contributed by atoms with E-state index >= 15 is 0 Å². The summed E-state index contributed by atoms with van der Waals surface area (Å²) in [7, 11) is 1.27. The van der Waals surface area contributed by atoms with Gasteiger partial charge in [-0.1, -0.05) is 24.3 Å². The van der Waals surface area contributed by atoms with E-state index in [1.165, 1.54) is 13.2 Å². The molecule has 1 aliphatic carbocycles. The predicted octanol–water partition coefficient (Wildman–Crippen LogP) is 2.68. The highest BCUT2D eigenvalue weighted by Gasteiger charge is 2.19. The number of carbonyl (C=O) groups is 2. The largest absolute Gasteiger partial charge is 0.494 e. The van der Waals surface area contributed by atoms with E-state index < -0.39 is 5.97 Å². The highest BCUT2D eigenvalue weighted by Crippen LogP contribution is 2.32. The molecule has 2 rings (SSSR count). The van der Waals surface area contributed by atoms with Crippen molar-refractivity contribution in [2.75, 3.05) is 13.7 Å². The summed E-state index contributed by atoms with van der Waals surface area (Å²) in [6, 6.07) is 7.87. The van der Waals surface area contributed by atoms with Gasteiger partial charge in [0.25, 0.3) is 0 Å². The van der Waals surface area contributed by atoms with E-state index in [0.717, 1.165) is 23.1 Å². The van der Waals surface area contributed by atoms with Crippen molar-refractivity contribution in [3.63, 3.8) is 0 Å². The van der Waals surface area contributed by atoms with Crippen LogP contribution in [0.1, 0.15) is 24.5 Å². The van der Waals surface area contributed by atoms with E-state index in [9.17, 15) is 9.59 Å². The molecule has 0 radical (unpaired) electrons. The third-order valence-electron chi connectivity index (χ3n) is 3.23. The Kier molecular flexibility index (Phi) is 4.93. The minimum atomic E-state index is -0.539. The van der Waals surface area contributed by atoms with Gasteiger partial charge in [0, 0.05) is 5.57 Å². The highest BCUT2D eigenvalue weighted by atomic mass is 16.5. The second-order valence-corrected chi connectivity index (χ2v) is 4.64. The van der Waals surface area contributed by atoms with Gasteiger partial charge in [-0.15, -0.1) is 0 Å². The SMILES string of the molecule is CCOC1=CCc2ccccc2C1=CC(=O)CC(=O)OC. The van der Waals surface area contributed by atoms with Crippen molar-refractivity contribution in [1.29, 1.82) is 0 Å². The second kappa shape index (κ2) is 6.88. The molecule has 1 aromatic carbocycles. The van der Waals surface area contributed by atoms with Gasteiger partial charge >= 0.3 is 5.97 Å². The monoisotopic (exact) mass is 286 g/mol. The molecule has 0 fully saturated rings. The van der Waals surface area contributed by atoms with Gasteiger partial charge in [0.2, 0.25) is 0 Å². The fourth-order valence-corrected chi connectivity index (χ4v) is 2.27. The fraction of sp³-hybridized carbons (Fsp3) is 0.294. The summed E-state index contributed by atoms with van der Waals surface area (Å²) in [5, 5.41) is 0. The van der Waals surface area contributed by atoms with Gasteiger partial charge in [0.05, 0.1) is 13.7 Å². The van der Waals surface area contributed by atoms with Gasteiger partial charge in [0.1, 0.15) is 12.2 Å². The van der Waals surface area contributed by atoms with Gasteiger partial charge in [0.15, 0.2) is 5.78 Å². The Hall–Kier alpha value is -2.36. The molecule has 0 heterocycles. The minimum absolute atomic E-state index is 0.262. The van der Waals surface area contributed by atoms with E-state index in [1.54, 1.807) is 0 Å². The Morgan fingerprint density at radius 1 is 1.29 bits per heavy atom. The van der Waals surface area contributed by atoms with Crippen LogP contribution in [-0.4, -0.2) is 25.5 Å². The zero-order chi connectivity index (χ0) is 15.2. The van der Waals surface area contributed by atoms with Gasteiger partial charge in [-0.3, -0.25) is 9.59 Å². The van der Waals surface area contributed by atoms with Crippen LogP contribution < -0.4 is 0 Å². The number of ketones is 1. The maximum atomic E-state index is 12.0. The lowest BCUT2D eigenvalue weighted by Crippen LogP contribution is -2.10. The fourth-order valence-electron chi connectivity index (χ4n) is 2.27. The summed E-state index contributed by atoms with van der Waals surface area (Å²) in [5.74, 6) is -0.142. The van der Waals surface area contributed by atoms with Crippen LogP contribution in [0.15, 0.2) is 42.2 Å². The van der Waals surface area contributed by atoms with E-state index in [2.05, 4.69) is 4.74 Å². The Labute approximate surface area is 124 Å². The number of methoxy groups -OCH3 is 1. The van der Waals surface area contributed by atoms with Crippen LogP contribution in [0.25, 0.3) is 5.57 Å². The van der Waals surface area contributed by atoms with Crippen LogP contribution in [0.5, 0.6) is 0 Å². The van der Waals surface area contributed by atoms with E-state index in [1.807, 2.05) is 37.3 Å². The van der Waals surface area contributed by atoms with Crippen molar-refractivity contribution in [2.24, 2.45) is 0 Å². The molecular weight excluding hydrogens is 268 g/mol. The third kappa shape index (κ3) is 3.60. The van der Waals surface area contributed by atoms with Crippen molar-refractivity contribution >= 4 is 17.3 Å². The smallest absolute Gasteiger partial charge is 0.313 e. The molecule has 0 atom stereocenters. The standard InChI is InChI=1S/C17H18O4/c1-3-21-16-9-8-12-6-4-5-7-14(12)15(16)10-13(18)11-17(19)20-2/h4-7,9-10H,3,8,11H2,1-2H3. The number of hydrogen-bond acceptors (Lipinski definition) is 4. The molecule has 0 unspecified atom stereocenters. The molecule has 0 aromatic heterocycles. The number of fused-ring (bicyclic) bond motifs is 1. The van der Waals surface area contributed by atoms with Crippen molar-refractivity contribution in [2.45, 2.75) is 19.8 Å². The number of benzene rings is 1. The molecule has 0 N–H and O–H groups in total. The summed E-state index contributed by atoms with van der Waals surface area (Å²) >= 11 is 0. The Morgan fingerprint density at radius 3 is 2.76 bits per heavy atom. The number of rotatable bonds is 5. The third-order valence-corrected chi connectivity index (χ3v) is 3.23. The van der Waals surface area contributed by atoms with Gasteiger partial charge in [-0.25, -0.2) is 0 Å². The molecule has 0 saturated carbocycles. The van der Waals surface area contributed by atoms with Crippen LogP contribution in [-0.2, 0) is 25.5 Å². The van der Waals surface area contributed by atoms with Crippen molar-refractivity contribution in [3.8, 4) is 0 Å². The molecule has 1 aliphatic rings. The summed E-state index contributed by atoms with van der Waals surface area (Å²) in [5.41, 5.74) is 2.84. The quantitative estimate of drug-likeness (QED) is 0.474. The summed E-state index contributed by atoms with van der Waals surface area (Å²) in [6.45, 7) is 2.42. The maximum Gasteiger partial charge on any atom is 0.313 e. The first-order valence-corrected chi connectivity index (χ1v) is 6.88. The second-order valence-electron chi connectivity index (χ2n) is 4.64. The molecule has 0 amide bonds.